The minimum atomic E-state index is -3.85. The summed E-state index contributed by atoms with van der Waals surface area (Å²) in [4.78, 5) is 21.9. The van der Waals surface area contributed by atoms with Crippen LogP contribution in [0.1, 0.15) is 24.0 Å². The molecule has 0 aromatic heterocycles. The number of hydrogen-bond donors (Lipinski definition) is 0. The van der Waals surface area contributed by atoms with E-state index in [0.29, 0.717) is 24.0 Å². The molecule has 1 heterocycles. The number of esters is 1. The number of ether oxygens (including phenoxy) is 1. The van der Waals surface area contributed by atoms with Crippen LogP contribution in [0.15, 0.2) is 17.0 Å². The number of non-ortho nitro benzene ring substituents is 1. The lowest BCUT2D eigenvalue weighted by Gasteiger charge is -2.30. The number of carbonyl (C=O) groups is 1. The zero-order chi connectivity index (χ0) is 18.1. The van der Waals surface area contributed by atoms with Crippen molar-refractivity contribution in [1.82, 2.24) is 4.31 Å². The first kappa shape index (κ1) is 18.3. The maximum Gasteiger partial charge on any atom is 0.308 e. The van der Waals surface area contributed by atoms with Crippen molar-refractivity contribution in [2.45, 2.75) is 31.6 Å². The van der Waals surface area contributed by atoms with Crippen LogP contribution in [-0.2, 0) is 19.6 Å². The highest BCUT2D eigenvalue weighted by Gasteiger charge is 2.34. The molecule has 8 nitrogen and oxygen atoms in total. The second kappa shape index (κ2) is 6.86. The molecule has 1 aliphatic heterocycles. The Labute approximate surface area is 140 Å². The predicted molar refractivity (Wildman–Crippen MR) is 86.1 cm³/mol. The van der Waals surface area contributed by atoms with Crippen LogP contribution in [0.4, 0.5) is 5.69 Å². The van der Waals surface area contributed by atoms with Crippen molar-refractivity contribution in [3.8, 4) is 0 Å². The third kappa shape index (κ3) is 3.41. The monoisotopic (exact) mass is 356 g/mol. The molecule has 2 rings (SSSR count). The van der Waals surface area contributed by atoms with E-state index in [4.69, 9.17) is 4.74 Å². The van der Waals surface area contributed by atoms with E-state index in [1.165, 1.54) is 17.5 Å². The quantitative estimate of drug-likeness (QED) is 0.462. The average molecular weight is 356 g/mol. The van der Waals surface area contributed by atoms with Crippen LogP contribution in [-0.4, -0.2) is 43.8 Å². The van der Waals surface area contributed by atoms with Gasteiger partial charge in [-0.2, -0.15) is 4.31 Å². The normalized spacial score (nSPS) is 16.8. The van der Waals surface area contributed by atoms with Crippen molar-refractivity contribution in [2.24, 2.45) is 5.92 Å². The molecule has 0 aliphatic carbocycles. The van der Waals surface area contributed by atoms with Gasteiger partial charge in [0.15, 0.2) is 0 Å². The van der Waals surface area contributed by atoms with Gasteiger partial charge in [0.05, 0.1) is 22.8 Å². The van der Waals surface area contributed by atoms with Crippen molar-refractivity contribution in [3.63, 3.8) is 0 Å². The first-order valence-electron chi connectivity index (χ1n) is 7.52. The highest BCUT2D eigenvalue weighted by molar-refractivity contribution is 7.89. The van der Waals surface area contributed by atoms with E-state index in [0.717, 1.165) is 6.07 Å². The van der Waals surface area contributed by atoms with E-state index in [-0.39, 0.29) is 35.6 Å². The van der Waals surface area contributed by atoms with Crippen LogP contribution in [0.3, 0.4) is 0 Å². The van der Waals surface area contributed by atoms with Gasteiger partial charge in [-0.15, -0.1) is 0 Å². The fraction of sp³-hybridized carbons (Fsp3) is 0.533. The number of methoxy groups -OCH3 is 1. The molecule has 1 aliphatic rings. The lowest BCUT2D eigenvalue weighted by atomic mass is 9.99. The van der Waals surface area contributed by atoms with Crippen LogP contribution >= 0.6 is 0 Å². The van der Waals surface area contributed by atoms with E-state index in [9.17, 15) is 23.3 Å². The lowest BCUT2D eigenvalue weighted by Crippen LogP contribution is -2.40. The summed E-state index contributed by atoms with van der Waals surface area (Å²) in [5, 5.41) is 11.0. The van der Waals surface area contributed by atoms with Gasteiger partial charge in [0.25, 0.3) is 5.69 Å². The second-order valence-electron chi connectivity index (χ2n) is 5.84. The fourth-order valence-electron chi connectivity index (χ4n) is 2.82. The van der Waals surface area contributed by atoms with E-state index in [2.05, 4.69) is 0 Å². The Kier molecular flexibility index (Phi) is 5.24. The van der Waals surface area contributed by atoms with Crippen molar-refractivity contribution in [3.05, 3.63) is 33.4 Å². The highest BCUT2D eigenvalue weighted by atomic mass is 32.2. The Morgan fingerprint density at radius 2 is 1.88 bits per heavy atom. The number of nitro benzene ring substituents is 1. The second-order valence-corrected chi connectivity index (χ2v) is 7.75. The van der Waals surface area contributed by atoms with Crippen molar-refractivity contribution < 1.29 is 22.9 Å². The minimum Gasteiger partial charge on any atom is -0.469 e. The molecular weight excluding hydrogens is 336 g/mol. The minimum absolute atomic E-state index is 0.0503. The van der Waals surface area contributed by atoms with Crippen LogP contribution < -0.4 is 0 Å². The van der Waals surface area contributed by atoms with E-state index in [1.54, 1.807) is 13.8 Å². The topological polar surface area (TPSA) is 107 Å². The van der Waals surface area contributed by atoms with Gasteiger partial charge >= 0.3 is 5.97 Å². The summed E-state index contributed by atoms with van der Waals surface area (Å²) >= 11 is 0. The summed E-state index contributed by atoms with van der Waals surface area (Å²) < 4.78 is 31.7. The average Bonchev–Trinajstić information content (AvgIpc) is 2.56. The molecule has 0 saturated carbocycles. The first-order chi connectivity index (χ1) is 11.2. The van der Waals surface area contributed by atoms with E-state index in [1.807, 2.05) is 0 Å². The number of piperidine rings is 1. The van der Waals surface area contributed by atoms with Gasteiger partial charge in [-0.1, -0.05) is 0 Å². The van der Waals surface area contributed by atoms with Gasteiger partial charge in [0.2, 0.25) is 10.0 Å². The molecule has 0 amide bonds. The van der Waals surface area contributed by atoms with Crippen molar-refractivity contribution in [1.29, 1.82) is 0 Å². The van der Waals surface area contributed by atoms with Gasteiger partial charge in [-0.25, -0.2) is 8.42 Å². The molecule has 9 heteroatoms. The van der Waals surface area contributed by atoms with Crippen LogP contribution in [0.25, 0.3) is 0 Å². The number of carbonyl (C=O) groups excluding carboxylic acids is 1. The molecular formula is C15H20N2O6S. The summed E-state index contributed by atoms with van der Waals surface area (Å²) in [6.07, 6.45) is 0.748. The van der Waals surface area contributed by atoms with Crippen LogP contribution in [0, 0.1) is 29.9 Å². The summed E-state index contributed by atoms with van der Waals surface area (Å²) in [6, 6.07) is 2.46. The van der Waals surface area contributed by atoms with Gasteiger partial charge in [-0.05, 0) is 37.8 Å². The third-order valence-electron chi connectivity index (χ3n) is 4.42. The lowest BCUT2D eigenvalue weighted by molar-refractivity contribution is -0.385. The number of nitrogens with zero attached hydrogens (tertiary/aromatic N) is 2. The maximum atomic E-state index is 12.9. The molecule has 24 heavy (non-hydrogen) atoms. The van der Waals surface area contributed by atoms with Gasteiger partial charge in [0.1, 0.15) is 0 Å². The first-order valence-corrected chi connectivity index (χ1v) is 8.96. The molecule has 0 unspecified atom stereocenters. The molecule has 0 bridgehead atoms. The SMILES string of the molecule is COC(=O)C1CCN(S(=O)(=O)c2cc([N+](=O)[O-])cc(C)c2C)CC1. The molecule has 0 spiro atoms. The molecule has 0 radical (unpaired) electrons. The summed E-state index contributed by atoms with van der Waals surface area (Å²) in [5.74, 6) is -0.649. The molecule has 1 saturated heterocycles. The number of nitro groups is 1. The molecule has 1 aromatic rings. The smallest absolute Gasteiger partial charge is 0.308 e. The Morgan fingerprint density at radius 3 is 2.38 bits per heavy atom. The van der Waals surface area contributed by atoms with Gasteiger partial charge < -0.3 is 4.74 Å². The van der Waals surface area contributed by atoms with E-state index >= 15 is 0 Å². The molecule has 1 fully saturated rings. The number of sulfonamides is 1. The molecule has 132 valence electrons. The summed E-state index contributed by atoms with van der Waals surface area (Å²) in [5.41, 5.74) is 0.795. The Bertz CT molecular complexity index is 766. The van der Waals surface area contributed by atoms with E-state index < -0.39 is 14.9 Å². The zero-order valence-electron chi connectivity index (χ0n) is 13.8. The number of hydrogen-bond acceptors (Lipinski definition) is 6. The highest BCUT2D eigenvalue weighted by Crippen LogP contribution is 2.30. The third-order valence-corrected chi connectivity index (χ3v) is 6.45. The zero-order valence-corrected chi connectivity index (χ0v) is 14.6. The maximum absolute atomic E-state index is 12.9. The summed E-state index contributed by atoms with van der Waals surface area (Å²) in [7, 11) is -2.54. The van der Waals surface area contributed by atoms with Gasteiger partial charge in [-0.3, -0.25) is 14.9 Å². The predicted octanol–water partition coefficient (Wildman–Crippen LogP) is 1.79. The fourth-order valence-corrected chi connectivity index (χ4v) is 4.61. The van der Waals surface area contributed by atoms with Crippen LogP contribution in [0.5, 0.6) is 0 Å². The van der Waals surface area contributed by atoms with Crippen molar-refractivity contribution in [2.75, 3.05) is 20.2 Å². The Hall–Kier alpha value is -2.00. The molecule has 1 aromatic carbocycles. The largest absolute Gasteiger partial charge is 0.469 e. The Balaban J connectivity index is 2.32. The van der Waals surface area contributed by atoms with Crippen LogP contribution in [0.2, 0.25) is 0 Å². The summed E-state index contributed by atoms with van der Waals surface area (Å²) in [6.45, 7) is 3.64. The Morgan fingerprint density at radius 1 is 1.29 bits per heavy atom. The number of aryl methyl sites for hydroxylation is 1. The molecule has 0 atom stereocenters. The molecule has 0 N–H and O–H groups in total. The number of rotatable bonds is 4. The van der Waals surface area contributed by atoms with Crippen molar-refractivity contribution >= 4 is 21.7 Å². The number of benzene rings is 1. The standard InChI is InChI=1S/C15H20N2O6S/c1-10-8-13(17(19)20)9-14(11(10)2)24(21,22)16-6-4-12(5-7-16)15(18)23-3/h8-9,12H,4-7H2,1-3H3. The van der Waals surface area contributed by atoms with Gasteiger partial charge in [0, 0.05) is 25.2 Å².